The summed E-state index contributed by atoms with van der Waals surface area (Å²) in [7, 11) is 0. The molecule has 1 rings (SSSR count). The molecule has 0 spiro atoms. The van der Waals surface area contributed by atoms with Crippen LogP contribution in [0.3, 0.4) is 0 Å². The van der Waals surface area contributed by atoms with Crippen molar-refractivity contribution in [3.63, 3.8) is 0 Å². The van der Waals surface area contributed by atoms with Crippen LogP contribution in [-0.2, 0) is 4.79 Å². The molecule has 9 heteroatoms. The van der Waals surface area contributed by atoms with Gasteiger partial charge in [-0.3, -0.25) is 10.1 Å². The molecule has 0 bridgehead atoms. The van der Waals surface area contributed by atoms with Crippen molar-refractivity contribution < 1.29 is 32.7 Å². The first-order valence-corrected chi connectivity index (χ1v) is 4.40. The molecular formula is C9H6F3NO5. The molecule has 18 heavy (non-hydrogen) atoms. The van der Waals surface area contributed by atoms with E-state index in [2.05, 4.69) is 4.74 Å². The molecule has 0 fully saturated rings. The van der Waals surface area contributed by atoms with Crippen molar-refractivity contribution in [2.45, 2.75) is 13.0 Å². The maximum Gasteiger partial charge on any atom is 0.502 e. The topological polar surface area (TPSA) is 89.7 Å². The van der Waals surface area contributed by atoms with Gasteiger partial charge in [-0.1, -0.05) is 0 Å². The lowest BCUT2D eigenvalue weighted by molar-refractivity contribution is -0.385. The second-order valence-corrected chi connectivity index (χ2v) is 3.25. The number of rotatable bonds is 4. The average Bonchev–Trinajstić information content (AvgIpc) is 2.21. The van der Waals surface area contributed by atoms with Crippen molar-refractivity contribution >= 4 is 11.7 Å². The molecule has 0 saturated carbocycles. The van der Waals surface area contributed by atoms with Gasteiger partial charge in [0.2, 0.25) is 0 Å². The van der Waals surface area contributed by atoms with Crippen molar-refractivity contribution in [2.24, 2.45) is 0 Å². The summed E-state index contributed by atoms with van der Waals surface area (Å²) in [5, 5.41) is 18.5. The molecule has 0 radical (unpaired) electrons. The van der Waals surface area contributed by atoms with Crippen LogP contribution in [-0.4, -0.2) is 22.1 Å². The number of hydrogen-bond donors (Lipinski definition) is 1. The van der Waals surface area contributed by atoms with Crippen LogP contribution in [0.15, 0.2) is 12.1 Å². The molecule has 6 nitrogen and oxygen atoms in total. The maximum absolute atomic E-state index is 13.2. The van der Waals surface area contributed by atoms with Crippen LogP contribution in [0.25, 0.3) is 0 Å². The minimum atomic E-state index is -4.62. The average molecular weight is 265 g/mol. The molecule has 98 valence electrons. The van der Waals surface area contributed by atoms with Gasteiger partial charge in [-0.2, -0.15) is 8.78 Å². The van der Waals surface area contributed by atoms with Crippen molar-refractivity contribution in [2.75, 3.05) is 0 Å². The summed E-state index contributed by atoms with van der Waals surface area (Å²) in [5.74, 6) is -5.13. The van der Waals surface area contributed by atoms with Crippen molar-refractivity contribution in [1.82, 2.24) is 0 Å². The Balaban J connectivity index is 3.17. The first-order chi connectivity index (χ1) is 8.15. The number of carboxylic acid groups (broad SMARTS) is 1. The normalized spacial score (nSPS) is 11.1. The van der Waals surface area contributed by atoms with Gasteiger partial charge < -0.3 is 9.84 Å². The van der Waals surface area contributed by atoms with Gasteiger partial charge >= 0.3 is 12.1 Å². The van der Waals surface area contributed by atoms with Crippen molar-refractivity contribution in [3.8, 4) is 5.75 Å². The molecule has 0 amide bonds. The summed E-state index contributed by atoms with van der Waals surface area (Å²) in [4.78, 5) is 19.6. The van der Waals surface area contributed by atoms with Gasteiger partial charge in [-0.05, 0) is 13.0 Å². The number of nitrogens with zero attached hydrogens (tertiary/aromatic N) is 1. The van der Waals surface area contributed by atoms with E-state index in [0.29, 0.717) is 12.1 Å². The van der Waals surface area contributed by atoms with E-state index in [1.807, 2.05) is 0 Å². The van der Waals surface area contributed by atoms with Crippen LogP contribution in [0, 0.1) is 22.9 Å². The number of carboxylic acids is 1. The predicted molar refractivity (Wildman–Crippen MR) is 51.0 cm³/mol. The summed E-state index contributed by atoms with van der Waals surface area (Å²) in [6.45, 7) is 1.17. The zero-order valence-electron chi connectivity index (χ0n) is 8.82. The molecular weight excluding hydrogens is 259 g/mol. The van der Waals surface area contributed by atoms with Crippen LogP contribution in [0.1, 0.15) is 5.56 Å². The number of nitro groups is 1. The smallest absolute Gasteiger partial charge is 0.474 e. The van der Waals surface area contributed by atoms with Crippen LogP contribution < -0.4 is 4.74 Å². The third kappa shape index (κ3) is 2.67. The number of nitro benzene ring substituents is 1. The molecule has 0 aliphatic carbocycles. The second-order valence-electron chi connectivity index (χ2n) is 3.25. The van der Waals surface area contributed by atoms with Crippen LogP contribution in [0.5, 0.6) is 5.75 Å². The SMILES string of the molecule is Cc1cc(OC(F)(F)C(=O)O)c(F)cc1[N+](=O)[O-]. The predicted octanol–water partition coefficient (Wildman–Crippen LogP) is 2.10. The van der Waals surface area contributed by atoms with Gasteiger partial charge in [0, 0.05) is 5.56 Å². The van der Waals surface area contributed by atoms with Crippen molar-refractivity contribution in [1.29, 1.82) is 0 Å². The van der Waals surface area contributed by atoms with E-state index in [-0.39, 0.29) is 5.56 Å². The number of carbonyl (C=O) groups is 1. The van der Waals surface area contributed by atoms with Gasteiger partial charge in [-0.25, -0.2) is 9.18 Å². The third-order valence-corrected chi connectivity index (χ3v) is 1.93. The van der Waals surface area contributed by atoms with Crippen LogP contribution in [0.4, 0.5) is 18.9 Å². The van der Waals surface area contributed by atoms with E-state index >= 15 is 0 Å². The summed E-state index contributed by atoms with van der Waals surface area (Å²) in [5.41, 5.74) is -0.768. The second kappa shape index (κ2) is 4.51. The molecule has 0 aromatic heterocycles. The van der Waals surface area contributed by atoms with Gasteiger partial charge in [-0.15, -0.1) is 0 Å². The van der Waals surface area contributed by atoms with E-state index in [1.54, 1.807) is 0 Å². The maximum atomic E-state index is 13.2. The van der Waals surface area contributed by atoms with Crippen LogP contribution >= 0.6 is 0 Å². The number of aryl methyl sites for hydroxylation is 1. The highest BCUT2D eigenvalue weighted by molar-refractivity contribution is 5.74. The summed E-state index contributed by atoms with van der Waals surface area (Å²) < 4.78 is 42.3. The lowest BCUT2D eigenvalue weighted by Crippen LogP contribution is -2.35. The van der Waals surface area contributed by atoms with Gasteiger partial charge in [0.15, 0.2) is 11.6 Å². The Kier molecular flexibility index (Phi) is 3.44. The first-order valence-electron chi connectivity index (χ1n) is 4.40. The van der Waals surface area contributed by atoms with E-state index in [1.165, 1.54) is 6.92 Å². The van der Waals surface area contributed by atoms with Crippen molar-refractivity contribution in [3.05, 3.63) is 33.6 Å². The molecule has 0 atom stereocenters. The highest BCUT2D eigenvalue weighted by atomic mass is 19.3. The Hall–Kier alpha value is -2.32. The number of ether oxygens (including phenoxy) is 1. The fourth-order valence-electron chi connectivity index (χ4n) is 1.10. The molecule has 0 saturated heterocycles. The lowest BCUT2D eigenvalue weighted by Gasteiger charge is -2.14. The highest BCUT2D eigenvalue weighted by Crippen LogP contribution is 2.30. The lowest BCUT2D eigenvalue weighted by atomic mass is 10.2. The van der Waals surface area contributed by atoms with Gasteiger partial charge in [0.25, 0.3) is 5.69 Å². The fraction of sp³-hybridized carbons (Fsp3) is 0.222. The quantitative estimate of drug-likeness (QED) is 0.665. The molecule has 0 unspecified atom stereocenters. The standard InChI is InChI=1S/C9H6F3NO5/c1-4-2-7(18-9(11,12)8(14)15)5(10)3-6(4)13(16)17/h2-3H,1H3,(H,14,15). The minimum Gasteiger partial charge on any atom is -0.474 e. The number of alkyl halides is 2. The van der Waals surface area contributed by atoms with Crippen LogP contribution in [0.2, 0.25) is 0 Å². The number of hydrogen-bond acceptors (Lipinski definition) is 4. The van der Waals surface area contributed by atoms with E-state index in [0.717, 1.165) is 0 Å². The number of halogens is 3. The van der Waals surface area contributed by atoms with E-state index < -0.39 is 34.3 Å². The third-order valence-electron chi connectivity index (χ3n) is 1.93. The molecule has 0 aliphatic rings. The van der Waals surface area contributed by atoms with Gasteiger partial charge in [0.1, 0.15) is 0 Å². The minimum absolute atomic E-state index is 0.141. The molecule has 1 aromatic carbocycles. The number of benzene rings is 1. The van der Waals surface area contributed by atoms with E-state index in [4.69, 9.17) is 5.11 Å². The number of aliphatic carboxylic acids is 1. The molecule has 1 N–H and O–H groups in total. The van der Waals surface area contributed by atoms with Gasteiger partial charge in [0.05, 0.1) is 11.0 Å². The summed E-state index contributed by atoms with van der Waals surface area (Å²) >= 11 is 0. The molecule has 0 aliphatic heterocycles. The fourth-order valence-corrected chi connectivity index (χ4v) is 1.10. The molecule has 1 aromatic rings. The Morgan fingerprint density at radius 3 is 2.50 bits per heavy atom. The van der Waals surface area contributed by atoms with E-state index in [9.17, 15) is 28.1 Å². The Bertz CT molecular complexity index is 517. The largest absolute Gasteiger partial charge is 0.502 e. The summed E-state index contributed by atoms with van der Waals surface area (Å²) in [6, 6.07) is 1.01. The monoisotopic (exact) mass is 265 g/mol. The summed E-state index contributed by atoms with van der Waals surface area (Å²) in [6.07, 6.45) is -4.62. The zero-order chi connectivity index (χ0) is 14.1. The zero-order valence-corrected chi connectivity index (χ0v) is 8.82. The Morgan fingerprint density at radius 2 is 2.06 bits per heavy atom. The highest BCUT2D eigenvalue weighted by Gasteiger charge is 2.43. The Labute approximate surface area is 97.7 Å². The molecule has 0 heterocycles. The first kappa shape index (κ1) is 13.7. The Morgan fingerprint density at radius 1 is 1.50 bits per heavy atom.